The third kappa shape index (κ3) is 172. The monoisotopic (exact) mass is 409 g/mol. The second-order valence-electron chi connectivity index (χ2n) is 2.92. The van der Waals surface area contributed by atoms with Crippen molar-refractivity contribution in [3.05, 3.63) is 50.6 Å². The molecule has 0 aromatic carbocycles. The van der Waals surface area contributed by atoms with Crippen LogP contribution in [0.15, 0.2) is 50.6 Å². The van der Waals surface area contributed by atoms with Crippen LogP contribution >= 0.6 is 0 Å². The third-order valence-electron chi connectivity index (χ3n) is 0.985. The van der Waals surface area contributed by atoms with Crippen molar-refractivity contribution in [2.24, 2.45) is 5.73 Å². The van der Waals surface area contributed by atoms with Crippen molar-refractivity contribution < 1.29 is 49.1 Å². The van der Waals surface area contributed by atoms with E-state index < -0.39 is 30.0 Å². The Morgan fingerprint density at radius 2 is 0.889 bits per heavy atom. The summed E-state index contributed by atoms with van der Waals surface area (Å²) in [7, 11) is 0. The van der Waals surface area contributed by atoms with Gasteiger partial charge in [-0.25, -0.2) is 24.0 Å². The van der Waals surface area contributed by atoms with E-state index >= 15 is 0 Å². The highest BCUT2D eigenvalue weighted by Crippen LogP contribution is 1.66. The van der Waals surface area contributed by atoms with Gasteiger partial charge < -0.3 is 30.9 Å². The molecule has 11 nitrogen and oxygen atoms in total. The molecule has 6 N–H and O–H groups in total. The Balaban J connectivity index is -0.0000000507. The predicted molar refractivity (Wildman–Crippen MR) is 104 cm³/mol. The lowest BCUT2D eigenvalue weighted by Gasteiger charge is -1.89. The van der Waals surface area contributed by atoms with Gasteiger partial charge in [-0.2, -0.15) is 0 Å². The average molecular weight is 409 g/mol. The molecule has 156 valence electrons. The van der Waals surface area contributed by atoms with Gasteiger partial charge in [0.15, 0.2) is 0 Å². The number of nitrogens with two attached hydrogens (primary N) is 1. The van der Waals surface area contributed by atoms with Crippen LogP contribution in [-0.4, -0.2) is 68.0 Å². The molecule has 1 amide bonds. The normalized spacial score (nSPS) is 6.41. The van der Waals surface area contributed by atoms with Crippen LogP contribution in [0, 0.1) is 0 Å². The Bertz CT molecular complexity index is 417. The van der Waals surface area contributed by atoms with Crippen molar-refractivity contribution >= 4 is 40.9 Å². The number of carbonyl (C=O) groups excluding carboxylic acids is 1. The van der Waals surface area contributed by atoms with Crippen molar-refractivity contribution in [2.75, 3.05) is 6.61 Å². The van der Waals surface area contributed by atoms with Crippen LogP contribution in [0.1, 0.15) is 6.92 Å². The smallest absolute Gasteiger partial charge is 0.404 e. The van der Waals surface area contributed by atoms with Gasteiger partial charge in [0.05, 0.1) is 6.61 Å². The van der Waals surface area contributed by atoms with Gasteiger partial charge in [0.1, 0.15) is 0 Å². The summed E-state index contributed by atoms with van der Waals surface area (Å²) >= 11 is 0. The summed E-state index contributed by atoms with van der Waals surface area (Å²) in [5, 5.41) is 30.4. The molecule has 0 saturated heterocycles. The molecule has 0 atom stereocenters. The van der Waals surface area contributed by atoms with Crippen LogP contribution in [0.4, 0.5) is 4.79 Å². The molecule has 0 aromatic heterocycles. The number of aliphatic carboxylic acids is 4. The van der Waals surface area contributed by atoms with Gasteiger partial charge in [0.25, 0.3) is 0 Å². The van der Waals surface area contributed by atoms with E-state index in [1.807, 2.05) is 0 Å². The Kier molecular flexibility index (Phi) is 48.5. The number of hydrogen-bond acceptors (Lipinski definition) is 6. The predicted octanol–water partition coefficient (Wildman–Crippen LogP) is -0.322. The van der Waals surface area contributed by atoms with Gasteiger partial charge in [-0.15, -0.1) is 0 Å². The van der Waals surface area contributed by atoms with E-state index in [4.69, 9.17) is 20.4 Å². The lowest BCUT2D eigenvalue weighted by molar-refractivity contribution is -0.132. The fourth-order valence-electron chi connectivity index (χ4n) is 0.142. The summed E-state index contributed by atoms with van der Waals surface area (Å²) < 4.78 is 4.18. The van der Waals surface area contributed by atoms with Gasteiger partial charge in [-0.1, -0.05) is 26.3 Å². The maximum absolute atomic E-state index is 9.60. The minimum atomic E-state index is -0.981. The summed E-state index contributed by atoms with van der Waals surface area (Å²) in [5.41, 5.74) is 4.54. The standard InChI is InChI=1S/C3H7NO2.4C3H4O2.H4Si/c1-2-6-3(4)5;4*1-2-3(4)5;/h2H2,1H3,(H2,4,5);4*2H,1H2,(H,4,5);1H4. The third-order valence-corrected chi connectivity index (χ3v) is 0.985. The van der Waals surface area contributed by atoms with Crippen molar-refractivity contribution in [3.8, 4) is 0 Å². The molecule has 0 heterocycles. The van der Waals surface area contributed by atoms with Crippen LogP contribution in [0.3, 0.4) is 0 Å². The van der Waals surface area contributed by atoms with Gasteiger partial charge in [-0.05, 0) is 17.9 Å². The number of carboxylic acid groups (broad SMARTS) is 4. The fraction of sp³-hybridized carbons (Fsp3) is 0.133. The van der Waals surface area contributed by atoms with Crippen molar-refractivity contribution in [1.29, 1.82) is 0 Å². The SMILES string of the molecule is C=CC(=O)O.C=CC(=O)O.C=CC(=O)O.C=CC(=O)O.CCOC(N)=O.[SiH4]. The zero-order chi connectivity index (χ0) is 22.1. The van der Waals surface area contributed by atoms with E-state index in [1.165, 1.54) is 0 Å². The minimum absolute atomic E-state index is 0. The maximum Gasteiger partial charge on any atom is 0.404 e. The first-order chi connectivity index (χ1) is 11.9. The average Bonchev–Trinajstić information content (AvgIpc) is 2.56. The summed E-state index contributed by atoms with van der Waals surface area (Å²) in [6.45, 7) is 13.9. The number of rotatable bonds is 5. The number of amides is 1. The Morgan fingerprint density at radius 1 is 0.741 bits per heavy atom. The molecular formula is C15H27NO10Si. The van der Waals surface area contributed by atoms with Gasteiger partial charge in [0, 0.05) is 24.3 Å². The lowest BCUT2D eigenvalue weighted by Crippen LogP contribution is -2.11. The Morgan fingerprint density at radius 3 is 0.889 bits per heavy atom. The summed E-state index contributed by atoms with van der Waals surface area (Å²) in [4.78, 5) is 46.6. The van der Waals surface area contributed by atoms with Crippen molar-refractivity contribution in [2.45, 2.75) is 6.92 Å². The first-order valence-electron chi connectivity index (χ1n) is 6.19. The van der Waals surface area contributed by atoms with Crippen LogP contribution in [0.5, 0.6) is 0 Å². The highest BCUT2D eigenvalue weighted by molar-refractivity contribution is 5.79. The molecule has 0 unspecified atom stereocenters. The Hall–Kier alpha value is -3.67. The van der Waals surface area contributed by atoms with Crippen LogP contribution < -0.4 is 5.73 Å². The lowest BCUT2D eigenvalue weighted by atomic mass is 10.7. The minimum Gasteiger partial charge on any atom is -0.478 e. The van der Waals surface area contributed by atoms with Gasteiger partial charge in [0.2, 0.25) is 0 Å². The van der Waals surface area contributed by atoms with Crippen LogP contribution in [0.2, 0.25) is 0 Å². The molecule has 0 aliphatic rings. The van der Waals surface area contributed by atoms with Gasteiger partial charge in [-0.3, -0.25) is 0 Å². The van der Waals surface area contributed by atoms with Gasteiger partial charge >= 0.3 is 30.0 Å². The number of primary amides is 1. The molecule has 0 spiro atoms. The molecular weight excluding hydrogens is 382 g/mol. The molecule has 0 radical (unpaired) electrons. The molecule has 0 bridgehead atoms. The zero-order valence-corrected chi connectivity index (χ0v) is 14.2. The molecule has 12 heteroatoms. The molecule has 0 aliphatic carbocycles. The molecule has 0 aliphatic heterocycles. The highest BCUT2D eigenvalue weighted by Gasteiger charge is 1.82. The van der Waals surface area contributed by atoms with Crippen molar-refractivity contribution in [3.63, 3.8) is 0 Å². The van der Waals surface area contributed by atoms with E-state index in [0.29, 0.717) is 6.61 Å². The van der Waals surface area contributed by atoms with Crippen LogP contribution in [-0.2, 0) is 23.9 Å². The highest BCUT2D eigenvalue weighted by atomic mass is 28.1. The molecule has 0 rings (SSSR count). The maximum atomic E-state index is 9.60. The number of hydrogen-bond donors (Lipinski definition) is 5. The summed E-state index contributed by atoms with van der Waals surface area (Å²) in [6, 6.07) is 0. The second-order valence-corrected chi connectivity index (χ2v) is 2.92. The molecule has 0 fully saturated rings. The number of carbonyl (C=O) groups is 5. The summed E-state index contributed by atoms with van der Waals surface area (Å²) in [6.07, 6.45) is 2.62. The zero-order valence-electron chi connectivity index (χ0n) is 14.2. The van der Waals surface area contributed by atoms with E-state index in [1.54, 1.807) is 6.92 Å². The van der Waals surface area contributed by atoms with Crippen LogP contribution in [0.25, 0.3) is 0 Å². The fourth-order valence-corrected chi connectivity index (χ4v) is 0.142. The Labute approximate surface area is 160 Å². The van der Waals surface area contributed by atoms with Crippen molar-refractivity contribution in [1.82, 2.24) is 0 Å². The summed E-state index contributed by atoms with van der Waals surface area (Å²) in [5.74, 6) is -3.93. The topological polar surface area (TPSA) is 202 Å². The molecule has 27 heavy (non-hydrogen) atoms. The first-order valence-corrected chi connectivity index (χ1v) is 6.19. The first kappa shape index (κ1) is 38.7. The largest absolute Gasteiger partial charge is 0.478 e. The van der Waals surface area contributed by atoms with E-state index in [0.717, 1.165) is 24.3 Å². The van der Waals surface area contributed by atoms with E-state index in [2.05, 4.69) is 36.8 Å². The van der Waals surface area contributed by atoms with E-state index in [9.17, 15) is 24.0 Å². The molecule has 0 saturated carbocycles. The second kappa shape index (κ2) is 33.8. The number of ether oxygens (including phenoxy) is 1. The number of carboxylic acids is 4. The molecule has 0 aromatic rings. The van der Waals surface area contributed by atoms with E-state index in [-0.39, 0.29) is 11.0 Å². The quantitative estimate of drug-likeness (QED) is 0.296.